The predicted molar refractivity (Wildman–Crippen MR) is 79.3 cm³/mol. The molecule has 0 aromatic carbocycles. The summed E-state index contributed by atoms with van der Waals surface area (Å²) in [4.78, 5) is 22.0. The molecule has 1 unspecified atom stereocenters. The van der Waals surface area contributed by atoms with E-state index in [0.29, 0.717) is 35.8 Å². The molecule has 0 aromatic rings. The van der Waals surface area contributed by atoms with Gasteiger partial charge in [0.1, 0.15) is 0 Å². The van der Waals surface area contributed by atoms with Gasteiger partial charge in [-0.25, -0.2) is 4.79 Å². The fourth-order valence-corrected chi connectivity index (χ4v) is 1.87. The fraction of sp³-hybridized carbons (Fsp3) is 0.692. The summed E-state index contributed by atoms with van der Waals surface area (Å²) in [7, 11) is 0. The Bertz CT molecular complexity index is 319. The van der Waals surface area contributed by atoms with Gasteiger partial charge >= 0.3 is 12.0 Å². The predicted octanol–water partition coefficient (Wildman–Crippen LogP) is 2.72. The molecule has 3 N–H and O–H groups in total. The molecule has 0 saturated heterocycles. The molecule has 0 fully saturated rings. The molecule has 6 heteroatoms. The molecule has 0 aliphatic heterocycles. The number of aliphatic carboxylic acids is 1. The van der Waals surface area contributed by atoms with E-state index in [1.54, 1.807) is 0 Å². The maximum absolute atomic E-state index is 11.4. The Labute approximate surface area is 123 Å². The van der Waals surface area contributed by atoms with Crippen molar-refractivity contribution in [2.24, 2.45) is 11.8 Å². The van der Waals surface area contributed by atoms with Crippen molar-refractivity contribution >= 4 is 27.9 Å². The summed E-state index contributed by atoms with van der Waals surface area (Å²) >= 11 is 3.15. The third-order valence-corrected chi connectivity index (χ3v) is 3.19. The quantitative estimate of drug-likeness (QED) is 0.606. The molecular weight excluding hydrogens is 312 g/mol. The van der Waals surface area contributed by atoms with E-state index in [-0.39, 0.29) is 12.5 Å². The zero-order valence-corrected chi connectivity index (χ0v) is 13.1. The van der Waals surface area contributed by atoms with Gasteiger partial charge in [-0.1, -0.05) is 36.4 Å². The van der Waals surface area contributed by atoms with Crippen LogP contribution in [-0.2, 0) is 4.79 Å². The molecule has 0 aliphatic rings. The van der Waals surface area contributed by atoms with E-state index in [1.165, 1.54) is 0 Å². The van der Waals surface area contributed by atoms with Crippen LogP contribution in [0.25, 0.3) is 0 Å². The summed E-state index contributed by atoms with van der Waals surface area (Å²) in [6.07, 6.45) is 1.61. The molecule has 5 nitrogen and oxygen atoms in total. The number of halogens is 1. The molecule has 0 saturated carbocycles. The van der Waals surface area contributed by atoms with E-state index < -0.39 is 5.97 Å². The number of carbonyl (C=O) groups is 2. The zero-order chi connectivity index (χ0) is 14.8. The highest BCUT2D eigenvalue weighted by molar-refractivity contribution is 9.11. The van der Waals surface area contributed by atoms with Crippen LogP contribution in [0.1, 0.15) is 33.1 Å². The molecule has 0 aliphatic carbocycles. The zero-order valence-electron chi connectivity index (χ0n) is 11.5. The van der Waals surface area contributed by atoms with E-state index in [0.717, 1.165) is 6.42 Å². The molecular formula is C13H23BrN2O3. The Balaban J connectivity index is 3.89. The number of urea groups is 1. The molecule has 2 amide bonds. The number of nitrogens with one attached hydrogen (secondary N) is 2. The number of carboxylic acid groups (broad SMARTS) is 1. The van der Waals surface area contributed by atoms with Gasteiger partial charge in [0.25, 0.3) is 0 Å². The summed E-state index contributed by atoms with van der Waals surface area (Å²) in [6.45, 7) is 8.69. The lowest BCUT2D eigenvalue weighted by Gasteiger charge is -2.20. The summed E-state index contributed by atoms with van der Waals surface area (Å²) in [5.41, 5.74) is 0. The lowest BCUT2D eigenvalue weighted by Crippen LogP contribution is -2.37. The Morgan fingerprint density at radius 3 is 2.37 bits per heavy atom. The molecule has 0 heterocycles. The number of carboxylic acids is 1. The van der Waals surface area contributed by atoms with Gasteiger partial charge in [0, 0.05) is 17.4 Å². The SMILES string of the molecule is C=C(Br)CNC(=O)NCCC(CCC(=O)O)C(C)C. The van der Waals surface area contributed by atoms with Crippen molar-refractivity contribution in [1.82, 2.24) is 10.6 Å². The van der Waals surface area contributed by atoms with Crippen molar-refractivity contribution in [2.45, 2.75) is 33.1 Å². The van der Waals surface area contributed by atoms with Crippen LogP contribution in [0, 0.1) is 11.8 Å². The number of rotatable bonds is 9. The number of amides is 2. The van der Waals surface area contributed by atoms with Gasteiger partial charge in [-0.3, -0.25) is 4.79 Å². The Morgan fingerprint density at radius 1 is 1.26 bits per heavy atom. The monoisotopic (exact) mass is 334 g/mol. The highest BCUT2D eigenvalue weighted by Crippen LogP contribution is 2.20. The van der Waals surface area contributed by atoms with E-state index in [1.807, 2.05) is 0 Å². The molecule has 0 radical (unpaired) electrons. The second-order valence-corrected chi connectivity index (χ2v) is 5.97. The van der Waals surface area contributed by atoms with Crippen LogP contribution in [-0.4, -0.2) is 30.2 Å². The van der Waals surface area contributed by atoms with Gasteiger partial charge in [0.05, 0.1) is 6.54 Å². The molecule has 0 aromatic heterocycles. The second kappa shape index (κ2) is 9.83. The third-order valence-electron chi connectivity index (χ3n) is 2.91. The number of hydrogen-bond donors (Lipinski definition) is 3. The van der Waals surface area contributed by atoms with Crippen molar-refractivity contribution < 1.29 is 14.7 Å². The third kappa shape index (κ3) is 10.6. The standard InChI is InChI=1S/C13H23BrN2O3/c1-9(2)11(4-5-12(17)18)6-7-15-13(19)16-8-10(3)14/h9,11H,3-8H2,1-2H3,(H,17,18)(H2,15,16,19). The van der Waals surface area contributed by atoms with Crippen LogP contribution in [0.15, 0.2) is 11.1 Å². The minimum Gasteiger partial charge on any atom is -0.481 e. The second-order valence-electron chi connectivity index (χ2n) is 4.85. The van der Waals surface area contributed by atoms with Crippen molar-refractivity contribution in [3.8, 4) is 0 Å². The molecule has 19 heavy (non-hydrogen) atoms. The van der Waals surface area contributed by atoms with E-state index in [9.17, 15) is 9.59 Å². The maximum atomic E-state index is 11.4. The van der Waals surface area contributed by atoms with Gasteiger partial charge in [-0.15, -0.1) is 0 Å². The molecule has 0 spiro atoms. The van der Waals surface area contributed by atoms with E-state index in [4.69, 9.17) is 5.11 Å². The normalized spacial score (nSPS) is 12.0. The van der Waals surface area contributed by atoms with Crippen LogP contribution >= 0.6 is 15.9 Å². The lowest BCUT2D eigenvalue weighted by atomic mass is 9.88. The smallest absolute Gasteiger partial charge is 0.315 e. The van der Waals surface area contributed by atoms with Crippen LogP contribution in [0.3, 0.4) is 0 Å². The van der Waals surface area contributed by atoms with Crippen LogP contribution in [0.4, 0.5) is 4.79 Å². The van der Waals surface area contributed by atoms with Crippen molar-refractivity contribution in [3.63, 3.8) is 0 Å². The Morgan fingerprint density at radius 2 is 1.89 bits per heavy atom. The van der Waals surface area contributed by atoms with Gasteiger partial charge in [0.2, 0.25) is 0 Å². The Kier molecular flexibility index (Phi) is 9.30. The largest absolute Gasteiger partial charge is 0.481 e. The fourth-order valence-electron chi connectivity index (χ4n) is 1.73. The minimum atomic E-state index is -0.771. The first-order valence-electron chi connectivity index (χ1n) is 6.39. The maximum Gasteiger partial charge on any atom is 0.315 e. The lowest BCUT2D eigenvalue weighted by molar-refractivity contribution is -0.137. The number of hydrogen-bond acceptors (Lipinski definition) is 2. The number of carbonyl (C=O) groups excluding carboxylic acids is 1. The topological polar surface area (TPSA) is 78.4 Å². The van der Waals surface area contributed by atoms with Crippen molar-refractivity contribution in [2.75, 3.05) is 13.1 Å². The van der Waals surface area contributed by atoms with Gasteiger partial charge < -0.3 is 15.7 Å². The average molecular weight is 335 g/mol. The highest BCUT2D eigenvalue weighted by atomic mass is 79.9. The molecule has 0 rings (SSSR count). The molecule has 0 bridgehead atoms. The van der Waals surface area contributed by atoms with Crippen LogP contribution < -0.4 is 10.6 Å². The van der Waals surface area contributed by atoms with Gasteiger partial charge in [-0.05, 0) is 24.7 Å². The molecule has 110 valence electrons. The van der Waals surface area contributed by atoms with Crippen LogP contribution in [0.2, 0.25) is 0 Å². The first-order chi connectivity index (χ1) is 8.82. The Hall–Kier alpha value is -1.04. The van der Waals surface area contributed by atoms with Crippen molar-refractivity contribution in [1.29, 1.82) is 0 Å². The highest BCUT2D eigenvalue weighted by Gasteiger charge is 2.15. The van der Waals surface area contributed by atoms with E-state index in [2.05, 4.69) is 47.0 Å². The summed E-state index contributed by atoms with van der Waals surface area (Å²) in [6, 6.07) is -0.235. The van der Waals surface area contributed by atoms with Crippen molar-refractivity contribution in [3.05, 3.63) is 11.1 Å². The van der Waals surface area contributed by atoms with Gasteiger partial charge in [0.15, 0.2) is 0 Å². The first-order valence-corrected chi connectivity index (χ1v) is 7.19. The average Bonchev–Trinajstić information content (AvgIpc) is 2.30. The van der Waals surface area contributed by atoms with Gasteiger partial charge in [-0.2, -0.15) is 0 Å². The summed E-state index contributed by atoms with van der Waals surface area (Å²) in [5.74, 6) is -0.0544. The summed E-state index contributed by atoms with van der Waals surface area (Å²) < 4.78 is 0.712. The first kappa shape index (κ1) is 18.0. The van der Waals surface area contributed by atoms with Crippen LogP contribution in [0.5, 0.6) is 0 Å². The molecule has 1 atom stereocenters. The minimum absolute atomic E-state index is 0.179. The van der Waals surface area contributed by atoms with E-state index >= 15 is 0 Å². The summed E-state index contributed by atoms with van der Waals surface area (Å²) in [5, 5.41) is 14.1.